The van der Waals surface area contributed by atoms with Crippen molar-refractivity contribution in [3.8, 4) is 0 Å². The van der Waals surface area contributed by atoms with Gasteiger partial charge in [-0.15, -0.1) is 0 Å². The first-order valence-corrected chi connectivity index (χ1v) is 7.07. The number of carboxylic acids is 1. The van der Waals surface area contributed by atoms with Gasteiger partial charge in [0.15, 0.2) is 5.54 Å². The van der Waals surface area contributed by atoms with Gasteiger partial charge in [-0.3, -0.25) is 4.79 Å². The van der Waals surface area contributed by atoms with E-state index < -0.39 is 17.4 Å². The van der Waals surface area contributed by atoms with Gasteiger partial charge in [-0.05, 0) is 34.5 Å². The number of rotatable bonds is 4. The highest BCUT2D eigenvalue weighted by molar-refractivity contribution is 9.10. The molecule has 0 radical (unpaired) electrons. The molecule has 1 amide bonds. The predicted molar refractivity (Wildman–Crippen MR) is 82.0 cm³/mol. The zero-order valence-electron chi connectivity index (χ0n) is 11.6. The molecule has 2 N–H and O–H groups in total. The van der Waals surface area contributed by atoms with Crippen molar-refractivity contribution in [3.05, 3.63) is 58.3 Å². The Hall–Kier alpha value is -2.08. The highest BCUT2D eigenvalue weighted by atomic mass is 79.9. The first-order chi connectivity index (χ1) is 9.84. The fourth-order valence-corrected chi connectivity index (χ4v) is 2.59. The molecule has 1 unspecified atom stereocenters. The molecule has 5 nitrogen and oxygen atoms in total. The van der Waals surface area contributed by atoms with Crippen LogP contribution in [0.1, 0.15) is 23.0 Å². The molecule has 0 aliphatic carbocycles. The number of amides is 1. The standard InChI is InChI=1S/C15H15BrN2O3/c1-15(14(20)21,10-6-4-3-5-7-10)17-13(19)12-8-11(16)9-18(12)2/h3-9H,1-2H3,(H,17,19)(H,20,21). The van der Waals surface area contributed by atoms with Gasteiger partial charge in [0.05, 0.1) is 0 Å². The highest BCUT2D eigenvalue weighted by Gasteiger charge is 2.37. The summed E-state index contributed by atoms with van der Waals surface area (Å²) in [5.74, 6) is -1.56. The number of hydrogen-bond acceptors (Lipinski definition) is 2. The largest absolute Gasteiger partial charge is 0.479 e. The summed E-state index contributed by atoms with van der Waals surface area (Å²) in [6.45, 7) is 1.47. The summed E-state index contributed by atoms with van der Waals surface area (Å²) in [7, 11) is 1.72. The van der Waals surface area contributed by atoms with E-state index in [2.05, 4.69) is 21.2 Å². The molecule has 0 aliphatic rings. The lowest BCUT2D eigenvalue weighted by atomic mass is 9.92. The minimum Gasteiger partial charge on any atom is -0.479 e. The Bertz CT molecular complexity index is 681. The Balaban J connectivity index is 2.35. The number of carbonyl (C=O) groups is 2. The van der Waals surface area contributed by atoms with E-state index >= 15 is 0 Å². The molecular formula is C15H15BrN2O3. The number of carbonyl (C=O) groups excluding carboxylic acids is 1. The average Bonchev–Trinajstić information content (AvgIpc) is 2.78. The van der Waals surface area contributed by atoms with Gasteiger partial charge in [-0.25, -0.2) is 4.79 Å². The van der Waals surface area contributed by atoms with Gasteiger partial charge in [0.1, 0.15) is 5.69 Å². The summed E-state index contributed by atoms with van der Waals surface area (Å²) in [6.07, 6.45) is 1.73. The number of benzene rings is 1. The lowest BCUT2D eigenvalue weighted by Crippen LogP contribution is -2.49. The third-order valence-electron chi connectivity index (χ3n) is 3.35. The molecule has 6 heteroatoms. The van der Waals surface area contributed by atoms with Gasteiger partial charge < -0.3 is 15.0 Å². The first-order valence-electron chi connectivity index (χ1n) is 6.28. The van der Waals surface area contributed by atoms with Crippen LogP contribution in [0.5, 0.6) is 0 Å². The Labute approximate surface area is 130 Å². The molecule has 0 bridgehead atoms. The Morgan fingerprint density at radius 2 is 1.90 bits per heavy atom. The summed E-state index contributed by atoms with van der Waals surface area (Å²) in [5.41, 5.74) is -0.598. The summed E-state index contributed by atoms with van der Waals surface area (Å²) in [5, 5.41) is 12.1. The number of aliphatic carboxylic acids is 1. The summed E-state index contributed by atoms with van der Waals surface area (Å²) < 4.78 is 2.39. The minimum absolute atomic E-state index is 0.380. The van der Waals surface area contributed by atoms with Gasteiger partial charge in [-0.2, -0.15) is 0 Å². The summed E-state index contributed by atoms with van der Waals surface area (Å²) in [4.78, 5) is 24.0. The number of carboxylic acid groups (broad SMARTS) is 1. The predicted octanol–water partition coefficient (Wildman–Crippen LogP) is 2.52. The van der Waals surface area contributed by atoms with Gasteiger partial charge in [0.2, 0.25) is 0 Å². The molecule has 0 aliphatic heterocycles. The van der Waals surface area contributed by atoms with Crippen molar-refractivity contribution >= 4 is 27.8 Å². The van der Waals surface area contributed by atoms with Crippen molar-refractivity contribution in [3.63, 3.8) is 0 Å². The third kappa shape index (κ3) is 3.00. The molecule has 2 aromatic rings. The van der Waals surface area contributed by atoms with Crippen molar-refractivity contribution in [2.45, 2.75) is 12.5 Å². The Kier molecular flexibility index (Phi) is 4.18. The van der Waals surface area contributed by atoms with Gasteiger partial charge >= 0.3 is 5.97 Å². The normalized spacial score (nSPS) is 13.5. The van der Waals surface area contributed by atoms with E-state index in [1.807, 2.05) is 0 Å². The van der Waals surface area contributed by atoms with Crippen LogP contribution in [-0.2, 0) is 17.4 Å². The fourth-order valence-electron chi connectivity index (χ4n) is 2.06. The van der Waals surface area contributed by atoms with E-state index in [9.17, 15) is 14.7 Å². The maximum absolute atomic E-state index is 12.4. The zero-order chi connectivity index (χ0) is 15.6. The third-order valence-corrected chi connectivity index (χ3v) is 3.78. The zero-order valence-corrected chi connectivity index (χ0v) is 13.2. The second-order valence-electron chi connectivity index (χ2n) is 4.90. The van der Waals surface area contributed by atoms with Crippen LogP contribution in [-0.4, -0.2) is 21.6 Å². The molecular weight excluding hydrogens is 336 g/mol. The molecule has 110 valence electrons. The van der Waals surface area contributed by atoms with Gasteiger partial charge in [0.25, 0.3) is 5.91 Å². The molecule has 0 saturated carbocycles. The van der Waals surface area contributed by atoms with E-state index in [4.69, 9.17) is 0 Å². The van der Waals surface area contributed by atoms with Crippen molar-refractivity contribution in [2.75, 3.05) is 0 Å². The number of halogens is 1. The first kappa shape index (κ1) is 15.3. The van der Waals surface area contributed by atoms with E-state index in [0.29, 0.717) is 11.3 Å². The Morgan fingerprint density at radius 1 is 1.29 bits per heavy atom. The minimum atomic E-state index is -1.49. The van der Waals surface area contributed by atoms with Crippen LogP contribution in [0.4, 0.5) is 0 Å². The number of hydrogen-bond donors (Lipinski definition) is 2. The molecule has 1 aromatic carbocycles. The van der Waals surface area contributed by atoms with Gasteiger partial charge in [0, 0.05) is 17.7 Å². The monoisotopic (exact) mass is 350 g/mol. The van der Waals surface area contributed by atoms with Crippen LogP contribution in [0.2, 0.25) is 0 Å². The molecule has 0 saturated heterocycles. The molecule has 1 atom stereocenters. The lowest BCUT2D eigenvalue weighted by Gasteiger charge is -2.26. The number of aryl methyl sites for hydroxylation is 1. The van der Waals surface area contributed by atoms with E-state index in [-0.39, 0.29) is 0 Å². The SMILES string of the molecule is Cn1cc(Br)cc1C(=O)NC(C)(C(=O)O)c1ccccc1. The molecule has 21 heavy (non-hydrogen) atoms. The molecule has 1 aromatic heterocycles. The van der Waals surface area contributed by atoms with Crippen LogP contribution in [0.25, 0.3) is 0 Å². The van der Waals surface area contributed by atoms with Crippen LogP contribution < -0.4 is 5.32 Å². The quantitative estimate of drug-likeness (QED) is 0.889. The van der Waals surface area contributed by atoms with Crippen molar-refractivity contribution < 1.29 is 14.7 Å². The number of aromatic nitrogens is 1. The molecule has 2 rings (SSSR count). The number of nitrogens with one attached hydrogen (secondary N) is 1. The van der Waals surface area contributed by atoms with E-state index in [0.717, 1.165) is 4.47 Å². The fraction of sp³-hybridized carbons (Fsp3) is 0.200. The average molecular weight is 351 g/mol. The van der Waals surface area contributed by atoms with E-state index in [1.165, 1.54) is 6.92 Å². The summed E-state index contributed by atoms with van der Waals surface area (Å²) >= 11 is 3.29. The van der Waals surface area contributed by atoms with Crippen LogP contribution in [0.3, 0.4) is 0 Å². The van der Waals surface area contributed by atoms with Crippen LogP contribution in [0.15, 0.2) is 47.1 Å². The van der Waals surface area contributed by atoms with Crippen LogP contribution in [0, 0.1) is 0 Å². The van der Waals surface area contributed by atoms with Crippen LogP contribution >= 0.6 is 15.9 Å². The second-order valence-corrected chi connectivity index (χ2v) is 5.82. The molecule has 0 fully saturated rings. The highest BCUT2D eigenvalue weighted by Crippen LogP contribution is 2.22. The van der Waals surface area contributed by atoms with Crippen molar-refractivity contribution in [2.24, 2.45) is 7.05 Å². The molecule has 0 spiro atoms. The van der Waals surface area contributed by atoms with E-state index in [1.54, 1.807) is 54.2 Å². The number of nitrogens with zero attached hydrogens (tertiary/aromatic N) is 1. The summed E-state index contributed by atoms with van der Waals surface area (Å²) in [6, 6.07) is 10.3. The smallest absolute Gasteiger partial charge is 0.333 e. The maximum atomic E-state index is 12.4. The topological polar surface area (TPSA) is 71.3 Å². The maximum Gasteiger partial charge on any atom is 0.333 e. The Morgan fingerprint density at radius 3 is 2.38 bits per heavy atom. The van der Waals surface area contributed by atoms with Crippen molar-refractivity contribution in [1.29, 1.82) is 0 Å². The second kappa shape index (κ2) is 5.73. The van der Waals surface area contributed by atoms with Gasteiger partial charge in [-0.1, -0.05) is 30.3 Å². The lowest BCUT2D eigenvalue weighted by molar-refractivity contribution is -0.144. The van der Waals surface area contributed by atoms with Crippen molar-refractivity contribution in [1.82, 2.24) is 9.88 Å². The molecule has 1 heterocycles.